The highest BCUT2D eigenvalue weighted by Gasteiger charge is 2.46. The fourth-order valence-corrected chi connectivity index (χ4v) is 5.19. The molecule has 0 radical (unpaired) electrons. The summed E-state index contributed by atoms with van der Waals surface area (Å²) in [6.45, 7) is 3.83. The number of hydrogen-bond acceptors (Lipinski definition) is 6. The normalized spacial score (nSPS) is 22.1. The van der Waals surface area contributed by atoms with Gasteiger partial charge in [0.05, 0.1) is 20.8 Å². The van der Waals surface area contributed by atoms with Gasteiger partial charge in [-0.3, -0.25) is 14.6 Å². The summed E-state index contributed by atoms with van der Waals surface area (Å²) >= 11 is 6.06. The van der Waals surface area contributed by atoms with Crippen LogP contribution in [-0.2, 0) is 14.3 Å². The van der Waals surface area contributed by atoms with Crippen LogP contribution in [-0.4, -0.2) is 38.3 Å². The lowest BCUT2D eigenvalue weighted by atomic mass is 9.69. The largest absolute Gasteiger partial charge is 0.493 e. The molecule has 0 aromatic heterocycles. The zero-order chi connectivity index (χ0) is 24.4. The molecule has 7 heteroatoms. The number of rotatable bonds is 6. The predicted molar refractivity (Wildman–Crippen MR) is 131 cm³/mol. The monoisotopic (exact) mass is 481 g/mol. The van der Waals surface area contributed by atoms with Gasteiger partial charge in [-0.15, -0.1) is 0 Å². The predicted octanol–water partition coefficient (Wildman–Crippen LogP) is 5.50. The van der Waals surface area contributed by atoms with E-state index in [9.17, 15) is 9.59 Å². The number of hydrogen-bond donors (Lipinski definition) is 0. The third kappa shape index (κ3) is 4.34. The topological polar surface area (TPSA) is 74.2 Å². The maximum Gasteiger partial charge on any atom is 0.315 e. The van der Waals surface area contributed by atoms with Crippen LogP contribution in [0.1, 0.15) is 49.7 Å². The van der Waals surface area contributed by atoms with Crippen molar-refractivity contribution < 1.29 is 23.8 Å². The molecule has 3 atom stereocenters. The van der Waals surface area contributed by atoms with Gasteiger partial charge >= 0.3 is 5.97 Å². The van der Waals surface area contributed by atoms with Crippen LogP contribution in [0.4, 0.5) is 0 Å². The van der Waals surface area contributed by atoms with Gasteiger partial charge in [0.15, 0.2) is 17.3 Å². The van der Waals surface area contributed by atoms with Crippen molar-refractivity contribution in [3.63, 3.8) is 0 Å². The first kappa shape index (κ1) is 24.0. The van der Waals surface area contributed by atoms with Crippen molar-refractivity contribution in [2.24, 2.45) is 10.9 Å². The highest BCUT2D eigenvalue weighted by atomic mass is 35.5. The first-order valence-electron chi connectivity index (χ1n) is 11.3. The molecular formula is C27H28ClNO5. The molecule has 0 spiro atoms. The summed E-state index contributed by atoms with van der Waals surface area (Å²) in [5.74, 6) is -0.705. The number of carbonyl (C=O) groups is 2. The number of aliphatic imine (C=N–C) groups is 1. The Morgan fingerprint density at radius 1 is 1.09 bits per heavy atom. The molecular weight excluding hydrogens is 454 g/mol. The minimum absolute atomic E-state index is 0.00735. The number of Topliss-reactive ketones (excluding diaryl/α,β-unsaturated/α-hetero) is 1. The number of ketones is 1. The van der Waals surface area contributed by atoms with Crippen LogP contribution in [0, 0.1) is 5.92 Å². The van der Waals surface area contributed by atoms with E-state index < -0.39 is 17.8 Å². The molecule has 1 aliphatic heterocycles. The van der Waals surface area contributed by atoms with Gasteiger partial charge in [0, 0.05) is 39.9 Å². The molecule has 0 amide bonds. The maximum absolute atomic E-state index is 13.7. The maximum atomic E-state index is 13.7. The van der Waals surface area contributed by atoms with Crippen LogP contribution in [0.25, 0.3) is 0 Å². The van der Waals surface area contributed by atoms with Crippen LogP contribution in [0.15, 0.2) is 58.7 Å². The Morgan fingerprint density at radius 2 is 1.82 bits per heavy atom. The number of halogens is 1. The molecule has 1 heterocycles. The highest BCUT2D eigenvalue weighted by molar-refractivity contribution is 6.30. The van der Waals surface area contributed by atoms with E-state index in [0.29, 0.717) is 51.9 Å². The van der Waals surface area contributed by atoms with Crippen molar-refractivity contribution in [2.75, 3.05) is 20.8 Å². The lowest BCUT2D eigenvalue weighted by Crippen LogP contribution is -2.38. The fraction of sp³-hybridized carbons (Fsp3) is 0.370. The Kier molecular flexibility index (Phi) is 7.08. The molecule has 2 aromatic carbocycles. The number of esters is 1. The molecule has 178 valence electrons. The molecule has 2 aliphatic rings. The summed E-state index contributed by atoms with van der Waals surface area (Å²) in [7, 11) is 3.12. The van der Waals surface area contributed by atoms with Gasteiger partial charge in [0.2, 0.25) is 0 Å². The number of methoxy groups -OCH3 is 2. The van der Waals surface area contributed by atoms with E-state index in [0.717, 1.165) is 5.56 Å². The summed E-state index contributed by atoms with van der Waals surface area (Å²) < 4.78 is 16.6. The van der Waals surface area contributed by atoms with Gasteiger partial charge in [-0.05, 0) is 49.9 Å². The van der Waals surface area contributed by atoms with Crippen LogP contribution >= 0.6 is 11.6 Å². The van der Waals surface area contributed by atoms with Crippen molar-refractivity contribution >= 4 is 29.1 Å². The zero-order valence-corrected chi connectivity index (χ0v) is 20.5. The average molecular weight is 482 g/mol. The summed E-state index contributed by atoms with van der Waals surface area (Å²) in [6, 6.07) is 13.1. The fourth-order valence-electron chi connectivity index (χ4n) is 5.06. The summed E-state index contributed by atoms with van der Waals surface area (Å²) in [5, 5.41) is 0.653. The van der Waals surface area contributed by atoms with E-state index in [2.05, 4.69) is 0 Å². The average Bonchev–Trinajstić information content (AvgIpc) is 2.82. The minimum Gasteiger partial charge on any atom is -0.493 e. The smallest absolute Gasteiger partial charge is 0.315 e. The van der Waals surface area contributed by atoms with Crippen molar-refractivity contribution in [1.29, 1.82) is 0 Å². The number of benzene rings is 2. The first-order valence-corrected chi connectivity index (χ1v) is 11.7. The SMILES string of the molecule is CCOC(=O)C1C(C)=NC2=C(C(=O)C[C@@H](c3ccc(Cl)cc3)C2)[C@@H]1c1cccc(OC)c1OC. The van der Waals surface area contributed by atoms with Gasteiger partial charge in [0.25, 0.3) is 0 Å². The lowest BCUT2D eigenvalue weighted by molar-refractivity contribution is -0.146. The van der Waals surface area contributed by atoms with E-state index in [1.807, 2.05) is 43.3 Å². The quantitative estimate of drug-likeness (QED) is 0.509. The van der Waals surface area contributed by atoms with Crippen LogP contribution in [0.5, 0.6) is 11.5 Å². The third-order valence-corrected chi connectivity index (χ3v) is 6.79. The van der Waals surface area contributed by atoms with Gasteiger partial charge < -0.3 is 14.2 Å². The summed E-state index contributed by atoms with van der Waals surface area (Å²) in [5.41, 5.74) is 3.64. The number of para-hydroxylation sites is 1. The van der Waals surface area contributed by atoms with Crippen LogP contribution in [0.3, 0.4) is 0 Å². The molecule has 0 saturated carbocycles. The van der Waals surface area contributed by atoms with E-state index >= 15 is 0 Å². The van der Waals surface area contributed by atoms with Crippen molar-refractivity contribution in [2.45, 2.75) is 38.5 Å². The molecule has 1 unspecified atom stereocenters. The molecule has 2 aromatic rings. The zero-order valence-electron chi connectivity index (χ0n) is 19.8. The lowest BCUT2D eigenvalue weighted by Gasteiger charge is -2.37. The Bertz CT molecular complexity index is 1170. The number of ether oxygens (including phenoxy) is 3. The van der Waals surface area contributed by atoms with Gasteiger partial charge in [-0.2, -0.15) is 0 Å². The Hall–Kier alpha value is -3.12. The van der Waals surface area contributed by atoms with Crippen LogP contribution in [0.2, 0.25) is 5.02 Å². The molecule has 4 rings (SSSR count). The Labute approximate surface area is 204 Å². The van der Waals surface area contributed by atoms with Crippen molar-refractivity contribution in [3.05, 3.63) is 69.9 Å². The Balaban J connectivity index is 1.86. The molecule has 1 aliphatic carbocycles. The van der Waals surface area contributed by atoms with Gasteiger partial charge in [-0.25, -0.2) is 0 Å². The second kappa shape index (κ2) is 10.0. The van der Waals surface area contributed by atoms with E-state index in [-0.39, 0.29) is 18.3 Å². The van der Waals surface area contributed by atoms with E-state index in [4.69, 9.17) is 30.8 Å². The number of allylic oxidation sites excluding steroid dienone is 2. The summed E-state index contributed by atoms with van der Waals surface area (Å²) in [4.78, 5) is 31.6. The highest BCUT2D eigenvalue weighted by Crippen LogP contribution is 2.50. The second-order valence-electron chi connectivity index (χ2n) is 8.48. The first-order chi connectivity index (χ1) is 16.4. The number of carbonyl (C=O) groups excluding carboxylic acids is 2. The minimum atomic E-state index is -0.726. The van der Waals surface area contributed by atoms with Gasteiger partial charge in [-0.1, -0.05) is 35.9 Å². The number of nitrogens with zero attached hydrogens (tertiary/aromatic N) is 1. The van der Waals surface area contributed by atoms with Gasteiger partial charge in [0.1, 0.15) is 5.92 Å². The van der Waals surface area contributed by atoms with E-state index in [1.165, 1.54) is 0 Å². The van der Waals surface area contributed by atoms with Crippen molar-refractivity contribution in [3.8, 4) is 11.5 Å². The third-order valence-electron chi connectivity index (χ3n) is 6.54. The second-order valence-corrected chi connectivity index (χ2v) is 8.92. The summed E-state index contributed by atoms with van der Waals surface area (Å²) in [6.07, 6.45) is 0.922. The molecule has 6 nitrogen and oxygen atoms in total. The van der Waals surface area contributed by atoms with E-state index in [1.54, 1.807) is 27.2 Å². The standard InChI is InChI=1S/C27H28ClNO5/c1-5-34-27(31)23-15(2)29-20-13-17(16-9-11-18(28)12-10-16)14-21(30)25(20)24(23)19-7-6-8-22(32-3)26(19)33-4/h6-12,17,23-24H,5,13-14H2,1-4H3/t17-,23?,24+/m0/s1. The molecule has 0 N–H and O–H groups in total. The molecule has 0 bridgehead atoms. The molecule has 0 fully saturated rings. The molecule has 34 heavy (non-hydrogen) atoms. The van der Waals surface area contributed by atoms with Crippen LogP contribution < -0.4 is 9.47 Å². The Morgan fingerprint density at radius 3 is 2.47 bits per heavy atom. The molecule has 0 saturated heterocycles. The van der Waals surface area contributed by atoms with Crippen molar-refractivity contribution in [1.82, 2.24) is 0 Å².